The molecule has 112 valence electrons. The normalized spacial score (nSPS) is 27.2. The molecule has 1 atom stereocenters. The fraction of sp³-hybridized carbons (Fsp3) is 1.00. The van der Waals surface area contributed by atoms with Crippen LogP contribution in [-0.4, -0.2) is 66.9 Å². The van der Waals surface area contributed by atoms with Gasteiger partial charge >= 0.3 is 0 Å². The van der Waals surface area contributed by atoms with E-state index in [9.17, 15) is 0 Å². The summed E-state index contributed by atoms with van der Waals surface area (Å²) in [5, 5.41) is 7.26. The van der Waals surface area contributed by atoms with Gasteiger partial charge in [0, 0.05) is 55.1 Å². The van der Waals surface area contributed by atoms with Gasteiger partial charge in [0.05, 0.1) is 0 Å². The molecule has 0 saturated carbocycles. The number of hydrogen-bond donors (Lipinski definition) is 2. The van der Waals surface area contributed by atoms with Gasteiger partial charge in [-0.1, -0.05) is 0 Å². The van der Waals surface area contributed by atoms with E-state index in [2.05, 4.69) is 48.6 Å². The van der Waals surface area contributed by atoms with Crippen LogP contribution in [-0.2, 0) is 0 Å². The van der Waals surface area contributed by atoms with Gasteiger partial charge in [-0.3, -0.25) is 0 Å². The minimum atomic E-state index is 0.750. The lowest BCUT2D eigenvalue weighted by Gasteiger charge is -2.29. The first-order chi connectivity index (χ1) is 9.24. The van der Waals surface area contributed by atoms with Gasteiger partial charge in [0.25, 0.3) is 0 Å². The molecule has 4 nitrogen and oxygen atoms in total. The van der Waals surface area contributed by atoms with Crippen LogP contribution in [0.1, 0.15) is 25.7 Å². The Morgan fingerprint density at radius 3 is 2.53 bits per heavy atom. The number of nitrogens with zero attached hydrogens (tertiary/aromatic N) is 2. The lowest BCUT2D eigenvalue weighted by Crippen LogP contribution is -2.43. The van der Waals surface area contributed by atoms with Crippen LogP contribution in [0, 0.1) is 5.92 Å². The second-order valence-electron chi connectivity index (χ2n) is 6.09. The molecule has 2 N–H and O–H groups in total. The second-order valence-corrected chi connectivity index (χ2v) is 7.46. The zero-order valence-corrected chi connectivity index (χ0v) is 14.4. The van der Waals surface area contributed by atoms with Crippen molar-refractivity contribution in [2.75, 3.05) is 52.9 Å². The smallest absolute Gasteiger partial charge is 0.0201 e. The number of hydrogen-bond acceptors (Lipinski definition) is 4. The van der Waals surface area contributed by atoms with E-state index in [4.69, 9.17) is 0 Å². The molecule has 0 aromatic carbocycles. The van der Waals surface area contributed by atoms with E-state index in [1.54, 1.807) is 0 Å². The van der Waals surface area contributed by atoms with Crippen LogP contribution < -0.4 is 10.6 Å². The summed E-state index contributed by atoms with van der Waals surface area (Å²) in [7, 11) is 2.22. The molecule has 0 aliphatic carbocycles. The van der Waals surface area contributed by atoms with Crippen molar-refractivity contribution in [2.45, 2.75) is 31.7 Å². The summed E-state index contributed by atoms with van der Waals surface area (Å²) < 4.78 is 2.42. The number of rotatable bonds is 7. The van der Waals surface area contributed by atoms with Crippen LogP contribution in [0.15, 0.2) is 0 Å². The highest BCUT2D eigenvalue weighted by Gasteiger charge is 2.19. The van der Waals surface area contributed by atoms with Crippen molar-refractivity contribution in [1.29, 1.82) is 0 Å². The Morgan fingerprint density at radius 1 is 1.05 bits per heavy atom. The second kappa shape index (κ2) is 8.77. The molecule has 0 bridgehead atoms. The summed E-state index contributed by atoms with van der Waals surface area (Å²) >= 11 is 2.45. The fourth-order valence-corrected chi connectivity index (χ4v) is 3.87. The standard InChI is InChI=1S/C14H29IN4/c1-18-9-4-14(5-10-18)17-8-7-16-6-2-13-3-11-19(15)12-13/h13-14,16-17H,2-12H2,1H3. The van der Waals surface area contributed by atoms with Gasteiger partial charge in [-0.2, -0.15) is 0 Å². The molecular weight excluding hydrogens is 351 g/mol. The minimum Gasteiger partial charge on any atom is -0.315 e. The molecule has 0 amide bonds. The predicted molar refractivity (Wildman–Crippen MR) is 89.7 cm³/mol. The Balaban J connectivity index is 1.40. The average molecular weight is 380 g/mol. The van der Waals surface area contributed by atoms with Crippen LogP contribution in [0.2, 0.25) is 0 Å². The van der Waals surface area contributed by atoms with Crippen molar-refractivity contribution < 1.29 is 0 Å². The van der Waals surface area contributed by atoms with Gasteiger partial charge in [-0.25, -0.2) is 3.11 Å². The monoisotopic (exact) mass is 380 g/mol. The molecule has 0 aromatic heterocycles. The minimum absolute atomic E-state index is 0.750. The van der Waals surface area contributed by atoms with E-state index < -0.39 is 0 Å². The maximum absolute atomic E-state index is 3.68. The molecule has 0 radical (unpaired) electrons. The molecule has 2 aliphatic rings. The van der Waals surface area contributed by atoms with E-state index in [1.807, 2.05) is 0 Å². The van der Waals surface area contributed by atoms with Crippen molar-refractivity contribution in [3.8, 4) is 0 Å². The predicted octanol–water partition coefficient (Wildman–Crippen LogP) is 1.32. The first-order valence-electron chi connectivity index (χ1n) is 7.77. The first-order valence-corrected chi connectivity index (χ1v) is 8.74. The van der Waals surface area contributed by atoms with E-state index in [-0.39, 0.29) is 0 Å². The summed E-state index contributed by atoms with van der Waals surface area (Å²) in [6.07, 6.45) is 5.35. The van der Waals surface area contributed by atoms with Crippen LogP contribution in [0.3, 0.4) is 0 Å². The lowest BCUT2D eigenvalue weighted by atomic mass is 10.1. The number of likely N-dealkylation sites (tertiary alicyclic amines) is 1. The summed E-state index contributed by atoms with van der Waals surface area (Å²) in [6, 6.07) is 0.750. The van der Waals surface area contributed by atoms with Crippen molar-refractivity contribution in [1.82, 2.24) is 18.6 Å². The molecule has 2 aliphatic heterocycles. The topological polar surface area (TPSA) is 30.5 Å². The largest absolute Gasteiger partial charge is 0.315 e. The van der Waals surface area contributed by atoms with Crippen molar-refractivity contribution in [2.24, 2.45) is 5.92 Å². The number of nitrogens with one attached hydrogen (secondary N) is 2. The third-order valence-corrected chi connectivity index (χ3v) is 5.30. The number of halogens is 1. The van der Waals surface area contributed by atoms with E-state index in [0.717, 1.165) is 25.0 Å². The molecule has 1 unspecified atom stereocenters. The van der Waals surface area contributed by atoms with Crippen LogP contribution in [0.4, 0.5) is 0 Å². The maximum atomic E-state index is 3.68. The zero-order chi connectivity index (χ0) is 13.5. The molecule has 2 heterocycles. The fourth-order valence-electron chi connectivity index (χ4n) is 3.03. The Bertz CT molecular complexity index is 244. The Morgan fingerprint density at radius 2 is 1.84 bits per heavy atom. The van der Waals surface area contributed by atoms with E-state index in [1.165, 1.54) is 58.4 Å². The van der Waals surface area contributed by atoms with Gasteiger partial charge in [0.2, 0.25) is 0 Å². The highest BCUT2D eigenvalue weighted by atomic mass is 127. The molecule has 19 heavy (non-hydrogen) atoms. The van der Waals surface area contributed by atoms with Crippen LogP contribution in [0.25, 0.3) is 0 Å². The van der Waals surface area contributed by atoms with Gasteiger partial charge < -0.3 is 15.5 Å². The lowest BCUT2D eigenvalue weighted by molar-refractivity contribution is 0.235. The Hall–Kier alpha value is 0.570. The molecule has 5 heteroatoms. The molecule has 0 aromatic rings. The summed E-state index contributed by atoms with van der Waals surface area (Å²) in [4.78, 5) is 2.43. The highest BCUT2D eigenvalue weighted by molar-refractivity contribution is 14.1. The average Bonchev–Trinajstić information content (AvgIpc) is 2.81. The maximum Gasteiger partial charge on any atom is 0.0201 e. The Kier molecular flexibility index (Phi) is 7.36. The molecular formula is C14H29IN4. The van der Waals surface area contributed by atoms with Crippen molar-refractivity contribution in [3.05, 3.63) is 0 Å². The van der Waals surface area contributed by atoms with Gasteiger partial charge in [0.1, 0.15) is 0 Å². The van der Waals surface area contributed by atoms with Gasteiger partial charge in [-0.05, 0) is 58.3 Å². The molecule has 2 rings (SSSR count). The molecule has 2 saturated heterocycles. The van der Waals surface area contributed by atoms with Crippen LogP contribution in [0.5, 0.6) is 0 Å². The highest BCUT2D eigenvalue weighted by Crippen LogP contribution is 2.21. The summed E-state index contributed by atoms with van der Waals surface area (Å²) in [5.41, 5.74) is 0. The van der Waals surface area contributed by atoms with Gasteiger partial charge in [-0.15, -0.1) is 0 Å². The van der Waals surface area contributed by atoms with Gasteiger partial charge in [0.15, 0.2) is 0 Å². The van der Waals surface area contributed by atoms with Crippen LogP contribution >= 0.6 is 22.9 Å². The SMILES string of the molecule is CN1CCC(NCCNCCC2CCN(I)C2)CC1. The number of piperidine rings is 1. The quantitative estimate of drug-likeness (QED) is 0.396. The Labute approximate surface area is 132 Å². The molecule has 0 spiro atoms. The summed E-state index contributed by atoms with van der Waals surface area (Å²) in [5.74, 6) is 0.922. The van der Waals surface area contributed by atoms with Crippen molar-refractivity contribution in [3.63, 3.8) is 0 Å². The van der Waals surface area contributed by atoms with E-state index >= 15 is 0 Å². The van der Waals surface area contributed by atoms with E-state index in [0.29, 0.717) is 0 Å². The summed E-state index contributed by atoms with van der Waals surface area (Å²) in [6.45, 7) is 8.49. The third kappa shape index (κ3) is 6.25. The van der Waals surface area contributed by atoms with Crippen molar-refractivity contribution >= 4 is 22.9 Å². The first kappa shape index (κ1) is 15.9. The molecule has 2 fully saturated rings. The zero-order valence-electron chi connectivity index (χ0n) is 12.2. The third-order valence-electron chi connectivity index (χ3n) is 4.42.